The Morgan fingerprint density at radius 3 is 2.67 bits per heavy atom. The monoisotopic (exact) mass is 369 g/mol. The third-order valence-electron chi connectivity index (χ3n) is 3.33. The molecule has 4 nitrogen and oxygen atoms in total. The van der Waals surface area contributed by atoms with E-state index in [1.807, 2.05) is 16.8 Å². The molecule has 2 aromatic rings. The number of ether oxygens (including phenoxy) is 1. The fraction of sp³-hybridized carbons (Fsp3) is 0.400. The Balaban J connectivity index is 2.21. The molecule has 0 spiro atoms. The number of carboxylic acid groups (broad SMARTS) is 1. The number of aromatic nitrogens is 1. The van der Waals surface area contributed by atoms with Gasteiger partial charge in [-0.25, -0.2) is 4.79 Å². The molecule has 1 aromatic carbocycles. The van der Waals surface area contributed by atoms with Crippen LogP contribution in [-0.4, -0.2) is 30.3 Å². The van der Waals surface area contributed by atoms with Crippen LogP contribution in [-0.2, 0) is 11.5 Å². The van der Waals surface area contributed by atoms with E-state index in [1.54, 1.807) is 12.1 Å². The van der Waals surface area contributed by atoms with E-state index in [4.69, 9.17) is 4.74 Å². The highest BCUT2D eigenvalue weighted by molar-refractivity contribution is 9.10. The maximum Gasteiger partial charge on any atom is 0.337 e. The molecule has 2 rings (SSSR count). The van der Waals surface area contributed by atoms with Crippen LogP contribution in [0.4, 0.5) is 0 Å². The van der Waals surface area contributed by atoms with Crippen molar-refractivity contribution in [1.29, 1.82) is 0 Å². The summed E-state index contributed by atoms with van der Waals surface area (Å²) in [5.41, 5.74) is 0.997. The van der Waals surface area contributed by atoms with Crippen LogP contribution in [0.25, 0.3) is 10.9 Å². The van der Waals surface area contributed by atoms with Gasteiger partial charge < -0.3 is 14.4 Å². The summed E-state index contributed by atoms with van der Waals surface area (Å²) < 4.78 is 8.47. The predicted octanol–water partition coefficient (Wildman–Crippen LogP) is 4.41. The fourth-order valence-corrected chi connectivity index (χ4v) is 3.32. The molecule has 0 aliphatic carbocycles. The highest BCUT2D eigenvalue weighted by Gasteiger charge is 2.15. The Bertz CT molecular complexity index is 661. The number of hydrogen-bond donors (Lipinski definition) is 1. The van der Waals surface area contributed by atoms with Crippen molar-refractivity contribution in [2.24, 2.45) is 0 Å². The predicted molar refractivity (Wildman–Crippen MR) is 90.7 cm³/mol. The lowest BCUT2D eigenvalue weighted by Crippen LogP contribution is -2.22. The number of aromatic carboxylic acids is 1. The number of carboxylic acids is 1. The van der Waals surface area contributed by atoms with Gasteiger partial charge in [0.05, 0.1) is 11.1 Å². The summed E-state index contributed by atoms with van der Waals surface area (Å²) in [5.74, 6) is -0.922. The van der Waals surface area contributed by atoms with Gasteiger partial charge in [0.25, 0.3) is 0 Å². The summed E-state index contributed by atoms with van der Waals surface area (Å²) in [6, 6.07) is 6.39. The minimum atomic E-state index is -1.11. The van der Waals surface area contributed by atoms with Gasteiger partial charge in [-0.1, -0.05) is 35.6 Å². The van der Waals surface area contributed by atoms with E-state index < -0.39 is 14.0 Å². The molecular formula is C15H20BrNO3Si. The number of hydrogen-bond acceptors (Lipinski definition) is 2. The van der Waals surface area contributed by atoms with Crippen LogP contribution >= 0.6 is 15.9 Å². The minimum absolute atomic E-state index is 0.298. The Kier molecular flexibility index (Phi) is 4.90. The first-order chi connectivity index (χ1) is 9.79. The molecule has 0 fully saturated rings. The molecule has 0 unspecified atom stereocenters. The molecule has 1 aromatic heterocycles. The maximum atomic E-state index is 11.4. The normalized spacial score (nSPS) is 12.0. The molecule has 1 N–H and O–H groups in total. The molecule has 114 valence electrons. The van der Waals surface area contributed by atoms with Gasteiger partial charge in [0.15, 0.2) is 0 Å². The number of nitrogens with zero attached hydrogens (tertiary/aromatic N) is 1. The van der Waals surface area contributed by atoms with Crippen molar-refractivity contribution in [2.75, 3.05) is 6.61 Å². The molecule has 0 aliphatic heterocycles. The van der Waals surface area contributed by atoms with Crippen LogP contribution in [0, 0.1) is 0 Å². The Labute approximate surface area is 133 Å². The summed E-state index contributed by atoms with van der Waals surface area (Å²) in [7, 11) is -1.11. The van der Waals surface area contributed by atoms with Gasteiger partial charge in [-0.2, -0.15) is 0 Å². The largest absolute Gasteiger partial charge is 0.478 e. The molecule has 6 heteroatoms. The molecule has 0 aliphatic rings. The Morgan fingerprint density at radius 1 is 1.33 bits per heavy atom. The van der Waals surface area contributed by atoms with Crippen LogP contribution in [0.2, 0.25) is 25.7 Å². The molecular weight excluding hydrogens is 350 g/mol. The number of fused-ring (bicyclic) bond motifs is 1. The van der Waals surface area contributed by atoms with Crippen LogP contribution in [0.1, 0.15) is 10.4 Å². The third kappa shape index (κ3) is 3.96. The first kappa shape index (κ1) is 16.3. The van der Waals surface area contributed by atoms with Crippen molar-refractivity contribution < 1.29 is 14.6 Å². The van der Waals surface area contributed by atoms with E-state index in [1.165, 1.54) is 0 Å². The van der Waals surface area contributed by atoms with Gasteiger partial charge in [0.1, 0.15) is 6.73 Å². The maximum absolute atomic E-state index is 11.4. The molecule has 0 amide bonds. The minimum Gasteiger partial charge on any atom is -0.478 e. The summed E-state index contributed by atoms with van der Waals surface area (Å²) in [4.78, 5) is 11.4. The molecule has 1 heterocycles. The van der Waals surface area contributed by atoms with E-state index >= 15 is 0 Å². The van der Waals surface area contributed by atoms with Crippen molar-refractivity contribution in [3.8, 4) is 0 Å². The second-order valence-corrected chi connectivity index (χ2v) is 12.8. The quantitative estimate of drug-likeness (QED) is 0.605. The SMILES string of the molecule is C[Si](C)(C)CCOCn1ccc2c(Br)ccc(C(=O)O)c21. The average molecular weight is 370 g/mol. The van der Waals surface area contributed by atoms with Gasteiger partial charge in [0, 0.05) is 30.7 Å². The lowest BCUT2D eigenvalue weighted by molar-refractivity contribution is 0.0696. The van der Waals surface area contributed by atoms with Gasteiger partial charge in [-0.05, 0) is 24.2 Å². The van der Waals surface area contributed by atoms with Crippen LogP contribution in [0.5, 0.6) is 0 Å². The first-order valence-electron chi connectivity index (χ1n) is 6.88. The van der Waals surface area contributed by atoms with Crippen molar-refractivity contribution in [3.05, 3.63) is 34.4 Å². The lowest BCUT2D eigenvalue weighted by Gasteiger charge is -2.16. The number of carbonyl (C=O) groups is 1. The zero-order chi connectivity index (χ0) is 15.6. The number of rotatable bonds is 6. The van der Waals surface area contributed by atoms with Crippen molar-refractivity contribution in [2.45, 2.75) is 32.4 Å². The Morgan fingerprint density at radius 2 is 2.05 bits per heavy atom. The number of benzene rings is 1. The van der Waals surface area contributed by atoms with E-state index in [-0.39, 0.29) is 0 Å². The van der Waals surface area contributed by atoms with Gasteiger partial charge in [0.2, 0.25) is 0 Å². The topological polar surface area (TPSA) is 51.5 Å². The average Bonchev–Trinajstić information content (AvgIpc) is 2.78. The van der Waals surface area contributed by atoms with Gasteiger partial charge in [-0.15, -0.1) is 0 Å². The third-order valence-corrected chi connectivity index (χ3v) is 5.73. The van der Waals surface area contributed by atoms with Gasteiger partial charge in [-0.3, -0.25) is 0 Å². The van der Waals surface area contributed by atoms with Crippen molar-refractivity contribution >= 4 is 40.9 Å². The molecule has 0 radical (unpaired) electrons. The molecule has 0 saturated carbocycles. The standard InChI is InChI=1S/C15H20BrNO3Si/c1-21(2,3)9-8-20-10-17-7-6-11-13(16)5-4-12(14(11)17)15(18)19/h4-7H,8-10H2,1-3H3,(H,18,19). The first-order valence-corrected chi connectivity index (χ1v) is 11.4. The summed E-state index contributed by atoms with van der Waals surface area (Å²) in [6.07, 6.45) is 1.87. The fourth-order valence-electron chi connectivity index (χ4n) is 2.11. The van der Waals surface area contributed by atoms with Crippen LogP contribution in [0.3, 0.4) is 0 Å². The summed E-state index contributed by atoms with van der Waals surface area (Å²) in [5, 5.41) is 10.2. The summed E-state index contributed by atoms with van der Waals surface area (Å²) in [6.45, 7) is 8.01. The Hall–Kier alpha value is -1.11. The smallest absolute Gasteiger partial charge is 0.337 e. The second-order valence-electron chi connectivity index (χ2n) is 6.30. The zero-order valence-electron chi connectivity index (χ0n) is 12.5. The second kappa shape index (κ2) is 6.33. The molecule has 0 bridgehead atoms. The van der Waals surface area contributed by atoms with E-state index in [2.05, 4.69) is 35.6 Å². The van der Waals surface area contributed by atoms with Crippen molar-refractivity contribution in [3.63, 3.8) is 0 Å². The molecule has 0 atom stereocenters. The summed E-state index contributed by atoms with van der Waals surface area (Å²) >= 11 is 3.46. The number of halogens is 1. The van der Waals surface area contributed by atoms with E-state index in [0.29, 0.717) is 24.4 Å². The van der Waals surface area contributed by atoms with Crippen LogP contribution in [0.15, 0.2) is 28.9 Å². The van der Waals surface area contributed by atoms with Crippen LogP contribution < -0.4 is 0 Å². The lowest BCUT2D eigenvalue weighted by atomic mass is 10.1. The van der Waals surface area contributed by atoms with Gasteiger partial charge >= 0.3 is 5.97 Å². The molecule has 21 heavy (non-hydrogen) atoms. The van der Waals surface area contributed by atoms with E-state index in [0.717, 1.165) is 15.9 Å². The highest BCUT2D eigenvalue weighted by Crippen LogP contribution is 2.28. The van der Waals surface area contributed by atoms with Crippen molar-refractivity contribution in [1.82, 2.24) is 4.57 Å². The highest BCUT2D eigenvalue weighted by atomic mass is 79.9. The van der Waals surface area contributed by atoms with E-state index in [9.17, 15) is 9.90 Å². The molecule has 0 saturated heterocycles. The zero-order valence-corrected chi connectivity index (χ0v) is 15.1.